The third-order valence-corrected chi connectivity index (χ3v) is 3.71. The number of piperidine rings is 1. The summed E-state index contributed by atoms with van der Waals surface area (Å²) in [6.45, 7) is 5.78. The molecule has 0 spiro atoms. The summed E-state index contributed by atoms with van der Waals surface area (Å²) in [7, 11) is 0. The van der Waals surface area contributed by atoms with Crippen molar-refractivity contribution in [2.24, 2.45) is 5.84 Å². The van der Waals surface area contributed by atoms with Crippen LogP contribution in [-0.2, 0) is 14.3 Å². The van der Waals surface area contributed by atoms with Crippen LogP contribution in [0.1, 0.15) is 32.6 Å². The molecule has 2 fully saturated rings. The van der Waals surface area contributed by atoms with Gasteiger partial charge in [0.05, 0.1) is 26.1 Å². The van der Waals surface area contributed by atoms with Gasteiger partial charge in [-0.1, -0.05) is 0 Å². The summed E-state index contributed by atoms with van der Waals surface area (Å²) < 4.78 is 11.5. The van der Waals surface area contributed by atoms with Gasteiger partial charge in [-0.2, -0.15) is 0 Å². The Morgan fingerprint density at radius 1 is 1.44 bits per heavy atom. The second-order valence-electron chi connectivity index (χ2n) is 5.44. The van der Waals surface area contributed by atoms with Crippen LogP contribution in [0.25, 0.3) is 0 Å². The number of carbonyl (C=O) groups excluding carboxylic acids is 1. The van der Waals surface area contributed by atoms with Gasteiger partial charge in [0.1, 0.15) is 12.6 Å². The average Bonchev–Trinajstić information content (AvgIpc) is 2.71. The van der Waals surface area contributed by atoms with Crippen molar-refractivity contribution >= 4 is 5.91 Å². The Hall–Kier alpha value is -0.690. The molecular formula is C12H24N3O3+. The van der Waals surface area contributed by atoms with Gasteiger partial charge in [0.2, 0.25) is 5.91 Å². The molecule has 2 aliphatic rings. The van der Waals surface area contributed by atoms with Crippen molar-refractivity contribution in [3.63, 3.8) is 0 Å². The molecule has 0 bridgehead atoms. The predicted molar refractivity (Wildman–Crippen MR) is 65.6 cm³/mol. The van der Waals surface area contributed by atoms with Crippen LogP contribution in [0.4, 0.5) is 0 Å². The monoisotopic (exact) mass is 258 g/mol. The first kappa shape index (κ1) is 13.7. The van der Waals surface area contributed by atoms with E-state index in [0.717, 1.165) is 6.54 Å². The zero-order valence-electron chi connectivity index (χ0n) is 11.0. The second-order valence-corrected chi connectivity index (χ2v) is 5.44. The predicted octanol–water partition coefficient (Wildman–Crippen LogP) is -1.43. The fourth-order valence-corrected chi connectivity index (χ4v) is 2.80. The lowest BCUT2D eigenvalue weighted by Gasteiger charge is -2.26. The van der Waals surface area contributed by atoms with Gasteiger partial charge in [0, 0.05) is 0 Å². The lowest BCUT2D eigenvalue weighted by atomic mass is 10.1. The summed E-state index contributed by atoms with van der Waals surface area (Å²) in [6.07, 6.45) is 4.19. The minimum atomic E-state index is -0.816. The molecule has 0 saturated carbocycles. The maximum absolute atomic E-state index is 11.3. The van der Waals surface area contributed by atoms with Gasteiger partial charge in [-0.3, -0.25) is 10.2 Å². The first-order chi connectivity index (χ1) is 8.61. The molecule has 2 heterocycles. The molecule has 2 atom stereocenters. The van der Waals surface area contributed by atoms with Crippen LogP contribution in [0.3, 0.4) is 0 Å². The van der Waals surface area contributed by atoms with Gasteiger partial charge >= 0.3 is 0 Å². The van der Waals surface area contributed by atoms with Crippen molar-refractivity contribution in [3.05, 3.63) is 0 Å². The molecule has 0 aromatic rings. The Morgan fingerprint density at radius 3 is 2.83 bits per heavy atom. The zero-order valence-corrected chi connectivity index (χ0v) is 11.0. The first-order valence-corrected chi connectivity index (χ1v) is 6.76. The molecule has 0 unspecified atom stereocenters. The van der Waals surface area contributed by atoms with Gasteiger partial charge in [0.15, 0.2) is 5.79 Å². The molecule has 2 saturated heterocycles. The van der Waals surface area contributed by atoms with Crippen molar-refractivity contribution in [3.8, 4) is 0 Å². The van der Waals surface area contributed by atoms with E-state index in [9.17, 15) is 4.79 Å². The highest BCUT2D eigenvalue weighted by Crippen LogP contribution is 2.26. The molecule has 0 aromatic heterocycles. The van der Waals surface area contributed by atoms with Gasteiger partial charge in [-0.05, 0) is 26.2 Å². The van der Waals surface area contributed by atoms with Crippen molar-refractivity contribution in [1.29, 1.82) is 0 Å². The van der Waals surface area contributed by atoms with Crippen molar-refractivity contribution < 1.29 is 19.2 Å². The normalized spacial score (nSPS) is 33.6. The molecule has 4 N–H and O–H groups in total. The van der Waals surface area contributed by atoms with Crippen LogP contribution in [0, 0.1) is 0 Å². The van der Waals surface area contributed by atoms with Gasteiger partial charge in [0.25, 0.3) is 0 Å². The Morgan fingerprint density at radius 2 is 2.17 bits per heavy atom. The number of carbonyl (C=O) groups is 1. The lowest BCUT2D eigenvalue weighted by molar-refractivity contribution is -0.907. The van der Waals surface area contributed by atoms with E-state index in [1.807, 2.05) is 0 Å². The third kappa shape index (κ3) is 3.65. The van der Waals surface area contributed by atoms with E-state index in [4.69, 9.17) is 15.3 Å². The van der Waals surface area contributed by atoms with Crippen LogP contribution >= 0.6 is 0 Å². The Labute approximate surface area is 108 Å². The Bertz CT molecular complexity index is 294. The number of hydrazine groups is 1. The molecule has 6 nitrogen and oxygen atoms in total. The molecular weight excluding hydrogens is 234 g/mol. The van der Waals surface area contributed by atoms with Crippen LogP contribution < -0.4 is 16.2 Å². The zero-order chi connectivity index (χ0) is 13.0. The van der Waals surface area contributed by atoms with Crippen molar-refractivity contribution in [2.45, 2.75) is 44.5 Å². The minimum Gasteiger partial charge on any atom is -0.347 e. The van der Waals surface area contributed by atoms with E-state index in [0.29, 0.717) is 6.61 Å². The molecule has 18 heavy (non-hydrogen) atoms. The first-order valence-electron chi connectivity index (χ1n) is 6.76. The largest absolute Gasteiger partial charge is 0.347 e. The van der Waals surface area contributed by atoms with Crippen molar-refractivity contribution in [1.82, 2.24) is 5.43 Å². The molecule has 0 aliphatic carbocycles. The maximum Gasteiger partial charge on any atom is 0.239 e. The molecule has 6 heteroatoms. The summed E-state index contributed by atoms with van der Waals surface area (Å²) in [6, 6.07) is 0. The topological polar surface area (TPSA) is 78.0 Å². The van der Waals surface area contributed by atoms with E-state index in [1.165, 1.54) is 32.4 Å². The van der Waals surface area contributed by atoms with E-state index in [1.54, 1.807) is 11.8 Å². The van der Waals surface area contributed by atoms with Crippen LogP contribution in [0.5, 0.6) is 0 Å². The van der Waals surface area contributed by atoms with E-state index in [2.05, 4.69) is 5.43 Å². The minimum absolute atomic E-state index is 0.0914. The molecule has 104 valence electrons. The van der Waals surface area contributed by atoms with Gasteiger partial charge < -0.3 is 14.4 Å². The SMILES string of the molecule is C[C@]1(CC(=O)NN)OC[C@@H](C[NH+]2CCCCC2)O1. The summed E-state index contributed by atoms with van der Waals surface area (Å²) in [5.41, 5.74) is 2.11. The second kappa shape index (κ2) is 5.97. The summed E-state index contributed by atoms with van der Waals surface area (Å²) >= 11 is 0. The maximum atomic E-state index is 11.3. The molecule has 2 aliphatic heterocycles. The standard InChI is InChI=1S/C12H23N3O3/c1-12(7-11(16)14-13)17-9-10(18-12)8-15-5-3-2-4-6-15/h10H,2-9,13H2,1H3,(H,14,16)/p+1/t10-,12+/m1/s1. The quantitative estimate of drug-likeness (QED) is 0.328. The van der Waals surface area contributed by atoms with E-state index in [-0.39, 0.29) is 18.4 Å². The average molecular weight is 258 g/mol. The summed E-state index contributed by atoms with van der Waals surface area (Å²) in [5, 5.41) is 0. The number of amides is 1. The summed E-state index contributed by atoms with van der Waals surface area (Å²) in [4.78, 5) is 12.9. The number of quaternary nitrogens is 1. The number of nitrogens with two attached hydrogens (primary N) is 1. The Kier molecular flexibility index (Phi) is 4.55. The molecule has 2 rings (SSSR count). The van der Waals surface area contributed by atoms with Crippen molar-refractivity contribution in [2.75, 3.05) is 26.2 Å². The van der Waals surface area contributed by atoms with Gasteiger partial charge in [-0.25, -0.2) is 5.84 Å². The molecule has 0 aromatic carbocycles. The number of hydrogen-bond acceptors (Lipinski definition) is 4. The fraction of sp³-hybridized carbons (Fsp3) is 0.917. The highest BCUT2D eigenvalue weighted by molar-refractivity contribution is 5.76. The van der Waals surface area contributed by atoms with Gasteiger partial charge in [-0.15, -0.1) is 0 Å². The molecule has 1 amide bonds. The fourth-order valence-electron chi connectivity index (χ4n) is 2.80. The van der Waals surface area contributed by atoms with E-state index < -0.39 is 5.79 Å². The van der Waals surface area contributed by atoms with E-state index >= 15 is 0 Å². The summed E-state index contributed by atoms with van der Waals surface area (Å²) in [5.74, 6) is 4.00. The highest BCUT2D eigenvalue weighted by atomic mass is 16.7. The number of rotatable bonds is 4. The molecule has 0 radical (unpaired) electrons. The van der Waals surface area contributed by atoms with Crippen LogP contribution in [0.2, 0.25) is 0 Å². The lowest BCUT2D eigenvalue weighted by Crippen LogP contribution is -3.13. The third-order valence-electron chi connectivity index (χ3n) is 3.71. The number of nitrogens with one attached hydrogen (secondary N) is 2. The number of hydrogen-bond donors (Lipinski definition) is 3. The Balaban J connectivity index is 1.78. The van der Waals surface area contributed by atoms with Crippen LogP contribution in [0.15, 0.2) is 0 Å². The van der Waals surface area contributed by atoms with Crippen LogP contribution in [-0.4, -0.2) is 44.0 Å². The number of likely N-dealkylation sites (tertiary alicyclic amines) is 1. The highest BCUT2D eigenvalue weighted by Gasteiger charge is 2.40. The number of ether oxygens (including phenoxy) is 2. The smallest absolute Gasteiger partial charge is 0.239 e.